The molecule has 2 atom stereocenters. The van der Waals surface area contributed by atoms with Gasteiger partial charge in [0.15, 0.2) is 6.04 Å². The minimum atomic E-state index is -0.236. The van der Waals surface area contributed by atoms with Crippen molar-refractivity contribution in [2.75, 3.05) is 11.5 Å². The monoisotopic (exact) mass is 205 g/mol. The number of carbonyl (C=O) groups is 1. The van der Waals surface area contributed by atoms with E-state index in [1.54, 1.807) is 6.92 Å². The van der Waals surface area contributed by atoms with Gasteiger partial charge in [-0.1, -0.05) is 12.1 Å². The summed E-state index contributed by atoms with van der Waals surface area (Å²) >= 11 is 0. The van der Waals surface area contributed by atoms with E-state index in [0.717, 1.165) is 11.4 Å². The van der Waals surface area contributed by atoms with Gasteiger partial charge < -0.3 is 14.4 Å². The van der Waals surface area contributed by atoms with Gasteiger partial charge in [-0.3, -0.25) is 0 Å². The Labute approximate surface area is 87.4 Å². The second-order valence-corrected chi connectivity index (χ2v) is 3.58. The highest BCUT2D eigenvalue weighted by molar-refractivity contribution is 5.90. The molecule has 0 saturated carbocycles. The van der Waals surface area contributed by atoms with Crippen LogP contribution in [0.15, 0.2) is 24.3 Å². The van der Waals surface area contributed by atoms with Gasteiger partial charge in [-0.05, 0) is 19.1 Å². The summed E-state index contributed by atoms with van der Waals surface area (Å²) in [5, 5.41) is 0. The van der Waals surface area contributed by atoms with Gasteiger partial charge in [0.2, 0.25) is 6.23 Å². The summed E-state index contributed by atoms with van der Waals surface area (Å²) in [6.07, 6.45) is -0.138. The lowest BCUT2D eigenvalue weighted by molar-refractivity contribution is -0.142. The molecular formula is C11H11NO3. The molecule has 0 amide bonds. The van der Waals surface area contributed by atoms with Crippen molar-refractivity contribution in [1.82, 2.24) is 0 Å². The van der Waals surface area contributed by atoms with Crippen LogP contribution in [0.5, 0.6) is 5.75 Å². The maximum atomic E-state index is 11.5. The van der Waals surface area contributed by atoms with Crippen molar-refractivity contribution in [3.8, 4) is 5.75 Å². The van der Waals surface area contributed by atoms with Crippen LogP contribution >= 0.6 is 0 Å². The molecular weight excluding hydrogens is 194 g/mol. The molecule has 1 saturated heterocycles. The molecule has 0 aliphatic carbocycles. The number of rotatable bonds is 2. The highest BCUT2D eigenvalue weighted by atomic mass is 16.6. The van der Waals surface area contributed by atoms with Crippen LogP contribution in [0.4, 0.5) is 5.69 Å². The van der Waals surface area contributed by atoms with Gasteiger partial charge in [0.1, 0.15) is 5.75 Å². The number of carbonyl (C=O) groups excluding carboxylic acids is 1. The molecule has 0 radical (unpaired) electrons. The zero-order chi connectivity index (χ0) is 10.4. The maximum absolute atomic E-state index is 11.5. The zero-order valence-corrected chi connectivity index (χ0v) is 8.34. The van der Waals surface area contributed by atoms with E-state index in [4.69, 9.17) is 9.47 Å². The van der Waals surface area contributed by atoms with E-state index in [2.05, 4.69) is 0 Å². The first-order chi connectivity index (χ1) is 7.33. The van der Waals surface area contributed by atoms with E-state index in [1.165, 1.54) is 0 Å². The third-order valence-corrected chi connectivity index (χ3v) is 2.67. The Morgan fingerprint density at radius 1 is 1.53 bits per heavy atom. The van der Waals surface area contributed by atoms with Crippen molar-refractivity contribution in [2.24, 2.45) is 0 Å². The number of para-hydroxylation sites is 2. The maximum Gasteiger partial charge on any atom is 0.334 e. The highest BCUT2D eigenvalue weighted by Gasteiger charge is 2.60. The zero-order valence-electron chi connectivity index (χ0n) is 8.34. The van der Waals surface area contributed by atoms with E-state index < -0.39 is 0 Å². The van der Waals surface area contributed by atoms with Gasteiger partial charge >= 0.3 is 5.97 Å². The summed E-state index contributed by atoms with van der Waals surface area (Å²) in [4.78, 5) is 13.4. The Bertz CT molecular complexity index is 418. The Balaban J connectivity index is 1.81. The molecule has 0 aromatic heterocycles. The predicted octanol–water partition coefficient (Wildman–Crippen LogP) is 1.16. The Kier molecular flexibility index (Phi) is 1.65. The van der Waals surface area contributed by atoms with Crippen molar-refractivity contribution in [2.45, 2.75) is 19.2 Å². The number of esters is 1. The molecule has 4 heteroatoms. The summed E-state index contributed by atoms with van der Waals surface area (Å²) in [6, 6.07) is 7.48. The smallest absolute Gasteiger partial charge is 0.334 e. The number of anilines is 1. The molecule has 2 aliphatic heterocycles. The minimum absolute atomic E-state index is 0.138. The van der Waals surface area contributed by atoms with Crippen molar-refractivity contribution in [3.05, 3.63) is 24.3 Å². The van der Waals surface area contributed by atoms with Gasteiger partial charge in [0.05, 0.1) is 12.3 Å². The largest absolute Gasteiger partial charge is 0.465 e. The fourth-order valence-electron chi connectivity index (χ4n) is 1.98. The highest BCUT2D eigenvalue weighted by Crippen LogP contribution is 2.48. The minimum Gasteiger partial charge on any atom is -0.465 e. The average molecular weight is 205 g/mol. The summed E-state index contributed by atoms with van der Waals surface area (Å²) in [7, 11) is 0. The summed E-state index contributed by atoms with van der Waals surface area (Å²) in [5.74, 6) is 0.653. The molecule has 1 aromatic carbocycles. The lowest BCUT2D eigenvalue weighted by atomic mass is 10.3. The second kappa shape index (κ2) is 2.89. The fourth-order valence-corrected chi connectivity index (χ4v) is 1.98. The molecule has 0 spiro atoms. The molecule has 0 unspecified atom stereocenters. The number of hydrogen-bond donors (Lipinski definition) is 0. The van der Waals surface area contributed by atoms with Gasteiger partial charge in [0, 0.05) is 0 Å². The number of ether oxygens (including phenoxy) is 2. The van der Waals surface area contributed by atoms with E-state index in [-0.39, 0.29) is 18.2 Å². The fraction of sp³-hybridized carbons (Fsp3) is 0.364. The summed E-state index contributed by atoms with van der Waals surface area (Å²) < 4.78 is 10.5. The van der Waals surface area contributed by atoms with Crippen molar-refractivity contribution in [3.63, 3.8) is 0 Å². The standard InChI is InChI=1S/C11H11NO3/c1-2-14-11(13)9-10-12(9)7-5-3-4-6-8(7)15-10/h3-6,9-10H,2H2,1H3/t9-,10+,12?/m1/s1. The van der Waals surface area contributed by atoms with Gasteiger partial charge in [-0.2, -0.15) is 0 Å². The molecule has 0 N–H and O–H groups in total. The molecule has 0 bridgehead atoms. The van der Waals surface area contributed by atoms with Gasteiger partial charge in [-0.15, -0.1) is 0 Å². The van der Waals surface area contributed by atoms with Crippen LogP contribution in [0.2, 0.25) is 0 Å². The number of nitrogens with zero attached hydrogens (tertiary/aromatic N) is 1. The topological polar surface area (TPSA) is 38.5 Å². The molecule has 1 aromatic rings. The first kappa shape index (κ1) is 8.59. The average Bonchev–Trinajstić information content (AvgIpc) is 2.83. The Morgan fingerprint density at radius 3 is 3.13 bits per heavy atom. The van der Waals surface area contributed by atoms with Gasteiger partial charge in [-0.25, -0.2) is 4.79 Å². The predicted molar refractivity (Wildman–Crippen MR) is 53.8 cm³/mol. The summed E-state index contributed by atoms with van der Waals surface area (Å²) in [6.45, 7) is 2.22. The van der Waals surface area contributed by atoms with Crippen molar-refractivity contribution < 1.29 is 14.3 Å². The first-order valence-electron chi connectivity index (χ1n) is 5.03. The van der Waals surface area contributed by atoms with E-state index in [1.807, 2.05) is 29.2 Å². The SMILES string of the molecule is CCOC(=O)[C@H]1[C@@H]2Oc3ccccc3N21. The normalized spacial score (nSPS) is 25.3. The number of hydrogen-bond acceptors (Lipinski definition) is 4. The molecule has 1 fully saturated rings. The molecule has 2 heterocycles. The molecule has 4 nitrogen and oxygen atoms in total. The molecule has 2 aliphatic rings. The Morgan fingerprint density at radius 2 is 2.33 bits per heavy atom. The van der Waals surface area contributed by atoms with Crippen LogP contribution in [-0.4, -0.2) is 24.8 Å². The van der Waals surface area contributed by atoms with Crippen molar-refractivity contribution >= 4 is 11.7 Å². The quantitative estimate of drug-likeness (QED) is 0.536. The molecule has 15 heavy (non-hydrogen) atoms. The first-order valence-corrected chi connectivity index (χ1v) is 5.03. The van der Waals surface area contributed by atoms with Crippen LogP contribution in [0, 0.1) is 0 Å². The van der Waals surface area contributed by atoms with Crippen molar-refractivity contribution in [1.29, 1.82) is 0 Å². The Hall–Kier alpha value is -1.71. The second-order valence-electron chi connectivity index (χ2n) is 3.58. The van der Waals surface area contributed by atoms with Crippen LogP contribution in [0.1, 0.15) is 6.92 Å². The molecule has 3 rings (SSSR count). The number of fused-ring (bicyclic) bond motifs is 3. The van der Waals surface area contributed by atoms with E-state index in [9.17, 15) is 4.79 Å². The van der Waals surface area contributed by atoms with Crippen LogP contribution in [0.25, 0.3) is 0 Å². The van der Waals surface area contributed by atoms with E-state index >= 15 is 0 Å². The molecule has 78 valence electrons. The van der Waals surface area contributed by atoms with Crippen LogP contribution in [-0.2, 0) is 9.53 Å². The van der Waals surface area contributed by atoms with Gasteiger partial charge in [0.25, 0.3) is 0 Å². The summed E-state index contributed by atoms with van der Waals surface area (Å²) in [5.41, 5.74) is 0.987. The van der Waals surface area contributed by atoms with Crippen LogP contribution < -0.4 is 9.64 Å². The lowest BCUT2D eigenvalue weighted by Crippen LogP contribution is -2.18. The number of benzene rings is 1. The lowest BCUT2D eigenvalue weighted by Gasteiger charge is -2.06. The third kappa shape index (κ3) is 1.11. The third-order valence-electron chi connectivity index (χ3n) is 2.67. The van der Waals surface area contributed by atoms with Crippen LogP contribution in [0.3, 0.4) is 0 Å². The van der Waals surface area contributed by atoms with E-state index in [0.29, 0.717) is 6.61 Å².